The molecule has 1 aromatic carbocycles. The summed E-state index contributed by atoms with van der Waals surface area (Å²) in [7, 11) is 1.68. The van der Waals surface area contributed by atoms with Crippen molar-refractivity contribution < 1.29 is 9.53 Å². The molecule has 1 amide bonds. The molecule has 3 aromatic rings. The summed E-state index contributed by atoms with van der Waals surface area (Å²) in [4.78, 5) is 17.0. The fraction of sp³-hybridized carbons (Fsp3) is 0.381. The number of hydrogen-bond acceptors (Lipinski definition) is 5. The molecule has 3 heterocycles. The van der Waals surface area contributed by atoms with Crippen molar-refractivity contribution >= 4 is 27.5 Å². The van der Waals surface area contributed by atoms with Gasteiger partial charge >= 0.3 is 0 Å². The summed E-state index contributed by atoms with van der Waals surface area (Å²) in [5.74, 6) is 0.815. The highest BCUT2D eigenvalue weighted by atomic mass is 79.9. The predicted molar refractivity (Wildman–Crippen MR) is 118 cm³/mol. The van der Waals surface area contributed by atoms with Gasteiger partial charge in [-0.15, -0.1) is 0 Å². The van der Waals surface area contributed by atoms with Gasteiger partial charge < -0.3 is 14.5 Å². The molecule has 8 nitrogen and oxygen atoms in total. The zero-order valence-corrected chi connectivity index (χ0v) is 19.0. The number of anilines is 1. The van der Waals surface area contributed by atoms with Gasteiger partial charge in [0, 0.05) is 32.4 Å². The molecular weight excluding hydrogens is 448 g/mol. The zero-order chi connectivity index (χ0) is 21.3. The Hall–Kier alpha value is -2.81. The smallest absolute Gasteiger partial charge is 0.274 e. The summed E-state index contributed by atoms with van der Waals surface area (Å²) in [5, 5.41) is 8.98. The summed E-state index contributed by atoms with van der Waals surface area (Å²) in [6.07, 6.45) is 1.82. The third-order valence-electron chi connectivity index (χ3n) is 5.42. The van der Waals surface area contributed by atoms with Gasteiger partial charge in [0.15, 0.2) is 0 Å². The van der Waals surface area contributed by atoms with Crippen LogP contribution in [0.25, 0.3) is 0 Å². The normalized spacial score (nSPS) is 14.3. The molecular formula is C21H25BrN6O2. The maximum Gasteiger partial charge on any atom is 0.274 e. The highest BCUT2D eigenvalue weighted by molar-refractivity contribution is 9.10. The van der Waals surface area contributed by atoms with E-state index in [1.807, 2.05) is 47.8 Å². The molecule has 9 heteroatoms. The Morgan fingerprint density at radius 3 is 2.50 bits per heavy atom. The molecule has 1 aliphatic heterocycles. The number of aromatic nitrogens is 4. The van der Waals surface area contributed by atoms with Crippen LogP contribution in [0.5, 0.6) is 5.75 Å². The lowest BCUT2D eigenvalue weighted by atomic mass is 10.2. The van der Waals surface area contributed by atoms with Crippen LogP contribution in [0.3, 0.4) is 0 Å². The van der Waals surface area contributed by atoms with Crippen molar-refractivity contribution in [3.63, 3.8) is 0 Å². The maximum absolute atomic E-state index is 12.9. The van der Waals surface area contributed by atoms with Gasteiger partial charge in [0.05, 0.1) is 28.7 Å². The van der Waals surface area contributed by atoms with Gasteiger partial charge in [-0.1, -0.05) is 12.1 Å². The van der Waals surface area contributed by atoms with Gasteiger partial charge in [-0.25, -0.2) is 4.68 Å². The molecule has 0 bridgehead atoms. The van der Waals surface area contributed by atoms with Crippen LogP contribution in [-0.2, 0) is 6.67 Å². The van der Waals surface area contributed by atoms with E-state index in [0.29, 0.717) is 25.5 Å². The average Bonchev–Trinajstić information content (AvgIpc) is 3.34. The monoisotopic (exact) mass is 472 g/mol. The first-order valence-corrected chi connectivity index (χ1v) is 10.7. The molecule has 0 aliphatic carbocycles. The molecule has 2 aromatic heterocycles. The first-order valence-electron chi connectivity index (χ1n) is 9.88. The number of halogens is 1. The number of carbonyl (C=O) groups is 1. The van der Waals surface area contributed by atoms with Gasteiger partial charge in [0.25, 0.3) is 5.91 Å². The fourth-order valence-corrected chi connectivity index (χ4v) is 3.99. The number of amides is 1. The first-order chi connectivity index (χ1) is 14.5. The van der Waals surface area contributed by atoms with Crippen LogP contribution < -0.4 is 9.64 Å². The SMILES string of the molecule is COc1ccccc1N1CCN(C(=O)c2ccn(Cn3nc(C)c(Br)c3C)n2)CC1. The Balaban J connectivity index is 1.39. The number of methoxy groups -OCH3 is 1. The molecule has 1 fully saturated rings. The van der Waals surface area contributed by atoms with Crippen LogP contribution in [0.2, 0.25) is 0 Å². The molecule has 158 valence electrons. The molecule has 30 heavy (non-hydrogen) atoms. The highest BCUT2D eigenvalue weighted by Gasteiger charge is 2.25. The third-order valence-corrected chi connectivity index (χ3v) is 6.57. The molecule has 0 spiro atoms. The minimum absolute atomic E-state index is 0.0389. The van der Waals surface area contributed by atoms with E-state index in [4.69, 9.17) is 4.74 Å². The number of benzene rings is 1. The molecule has 0 radical (unpaired) electrons. The summed E-state index contributed by atoms with van der Waals surface area (Å²) in [6.45, 7) is 7.23. The zero-order valence-electron chi connectivity index (χ0n) is 17.4. The van der Waals surface area contributed by atoms with E-state index in [-0.39, 0.29) is 5.91 Å². The number of rotatable bonds is 5. The van der Waals surface area contributed by atoms with Gasteiger partial charge in [0.1, 0.15) is 18.1 Å². The third kappa shape index (κ3) is 3.94. The number of hydrogen-bond donors (Lipinski definition) is 0. The minimum atomic E-state index is -0.0389. The molecule has 4 rings (SSSR count). The van der Waals surface area contributed by atoms with Crippen LogP contribution in [0.4, 0.5) is 5.69 Å². The Morgan fingerprint density at radius 1 is 1.10 bits per heavy atom. The van der Waals surface area contributed by atoms with Gasteiger partial charge in [-0.2, -0.15) is 10.2 Å². The van der Waals surface area contributed by atoms with Crippen molar-refractivity contribution in [2.45, 2.75) is 20.5 Å². The Morgan fingerprint density at radius 2 is 1.83 bits per heavy atom. The Labute approximate surface area is 184 Å². The summed E-state index contributed by atoms with van der Waals surface area (Å²) in [6, 6.07) is 9.75. The number of para-hydroxylation sites is 2. The molecule has 1 saturated heterocycles. The molecule has 0 saturated carbocycles. The Kier molecular flexibility index (Phi) is 5.80. The van der Waals surface area contributed by atoms with Crippen LogP contribution in [0, 0.1) is 13.8 Å². The topological polar surface area (TPSA) is 68.4 Å². The van der Waals surface area contributed by atoms with E-state index >= 15 is 0 Å². The molecule has 0 unspecified atom stereocenters. The van der Waals surface area contributed by atoms with Gasteiger partial charge in [0.2, 0.25) is 0 Å². The maximum atomic E-state index is 12.9. The van der Waals surface area contributed by atoms with Crippen molar-refractivity contribution in [3.05, 3.63) is 58.1 Å². The standard InChI is InChI=1S/C21H25BrN6O2/c1-15-20(22)16(2)28(23-15)14-27-9-8-17(24-27)21(29)26-12-10-25(11-13-26)18-6-4-5-7-19(18)30-3/h4-9H,10-14H2,1-3H3. The molecule has 0 atom stereocenters. The first kappa shape index (κ1) is 20.5. The van der Waals surface area contributed by atoms with E-state index in [1.165, 1.54) is 0 Å². The van der Waals surface area contributed by atoms with E-state index in [0.717, 1.165) is 40.4 Å². The second-order valence-corrected chi connectivity index (χ2v) is 8.11. The second-order valence-electron chi connectivity index (χ2n) is 7.32. The minimum Gasteiger partial charge on any atom is -0.495 e. The fourth-order valence-electron chi connectivity index (χ4n) is 3.71. The van der Waals surface area contributed by atoms with Crippen molar-refractivity contribution in [1.29, 1.82) is 0 Å². The van der Waals surface area contributed by atoms with Gasteiger partial charge in [-0.05, 0) is 48.0 Å². The second kappa shape index (κ2) is 8.51. The number of piperazine rings is 1. The number of nitrogens with zero attached hydrogens (tertiary/aromatic N) is 6. The van der Waals surface area contributed by atoms with E-state index < -0.39 is 0 Å². The largest absolute Gasteiger partial charge is 0.495 e. The molecule has 0 N–H and O–H groups in total. The lowest BCUT2D eigenvalue weighted by Crippen LogP contribution is -2.49. The quantitative estimate of drug-likeness (QED) is 0.570. The van der Waals surface area contributed by atoms with Crippen molar-refractivity contribution in [3.8, 4) is 5.75 Å². The number of aryl methyl sites for hydroxylation is 1. The molecule has 1 aliphatic rings. The van der Waals surface area contributed by atoms with Crippen LogP contribution in [0.15, 0.2) is 41.0 Å². The van der Waals surface area contributed by atoms with E-state index in [1.54, 1.807) is 17.9 Å². The van der Waals surface area contributed by atoms with Crippen LogP contribution >= 0.6 is 15.9 Å². The van der Waals surface area contributed by atoms with Crippen LogP contribution in [0.1, 0.15) is 21.9 Å². The highest BCUT2D eigenvalue weighted by Crippen LogP contribution is 2.28. The van der Waals surface area contributed by atoms with E-state index in [2.05, 4.69) is 37.1 Å². The summed E-state index contributed by atoms with van der Waals surface area (Å²) >= 11 is 3.54. The predicted octanol–water partition coefficient (Wildman–Crippen LogP) is 2.94. The number of carbonyl (C=O) groups excluding carboxylic acids is 1. The summed E-state index contributed by atoms with van der Waals surface area (Å²) < 4.78 is 10.1. The van der Waals surface area contributed by atoms with Crippen LogP contribution in [-0.4, -0.2) is 63.7 Å². The van der Waals surface area contributed by atoms with E-state index in [9.17, 15) is 4.79 Å². The lowest BCUT2D eigenvalue weighted by Gasteiger charge is -2.36. The average molecular weight is 473 g/mol. The van der Waals surface area contributed by atoms with Crippen molar-refractivity contribution in [2.24, 2.45) is 0 Å². The summed E-state index contributed by atoms with van der Waals surface area (Å²) in [5.41, 5.74) is 3.49. The van der Waals surface area contributed by atoms with Crippen molar-refractivity contribution in [1.82, 2.24) is 24.5 Å². The van der Waals surface area contributed by atoms with Gasteiger partial charge in [-0.3, -0.25) is 9.48 Å². The number of ether oxygens (including phenoxy) is 1. The Bertz CT molecular complexity index is 1050. The van der Waals surface area contributed by atoms with Crippen molar-refractivity contribution in [2.75, 3.05) is 38.2 Å². The lowest BCUT2D eigenvalue weighted by molar-refractivity contribution is 0.0739.